The molecule has 0 N–H and O–H groups in total. The summed E-state index contributed by atoms with van der Waals surface area (Å²) >= 11 is 1.28. The zero-order valence-corrected chi connectivity index (χ0v) is 26.8. The van der Waals surface area contributed by atoms with E-state index in [0.717, 1.165) is 72.5 Å². The van der Waals surface area contributed by atoms with E-state index in [-0.39, 0.29) is 11.9 Å². The van der Waals surface area contributed by atoms with E-state index in [1.54, 1.807) is 0 Å². The molecule has 7 rings (SSSR count). The molecule has 2 aliphatic heterocycles. The number of carbonyl (C=O) groups excluding carboxylic acids is 1. The summed E-state index contributed by atoms with van der Waals surface area (Å²) in [7, 11) is 0. The number of benzene rings is 3. The topological polar surface area (TPSA) is 42.4 Å². The highest BCUT2D eigenvalue weighted by Crippen LogP contribution is 2.38. The third-order valence-corrected chi connectivity index (χ3v) is 10.9. The first-order chi connectivity index (χ1) is 22.3. The minimum atomic E-state index is -4.39. The Hall–Kier alpha value is -3.52. The van der Waals surface area contributed by atoms with Crippen LogP contribution in [0.4, 0.5) is 13.2 Å². The third-order valence-electron chi connectivity index (χ3n) is 9.97. The van der Waals surface area contributed by atoms with Crippen molar-refractivity contribution in [1.29, 1.82) is 0 Å². The number of fused-ring (bicyclic) bond motifs is 2. The van der Waals surface area contributed by atoms with Crippen molar-refractivity contribution >= 4 is 28.6 Å². The standard InChI is InChI=1S/C38H39F3N2O2S/c39-38(40,41)29-13-16-31(17-14-29)46-36-24-33(37(44)43-20-5-8-30(43)15-9-25-6-3-1-2-4-7-25)32-22-27(12-18-34(32)42-36)28-11-10-26-19-21-45-35(26)23-28/h10-14,16-18,22-25,30H,1-9,15,19-21H2. The average molecular weight is 645 g/mol. The van der Waals surface area contributed by atoms with Gasteiger partial charge in [-0.25, -0.2) is 4.98 Å². The number of rotatable bonds is 7. The molecular weight excluding hydrogens is 605 g/mol. The van der Waals surface area contributed by atoms with Gasteiger partial charge in [-0.2, -0.15) is 13.2 Å². The zero-order valence-electron chi connectivity index (χ0n) is 26.0. The Kier molecular flexibility index (Phi) is 8.99. The van der Waals surface area contributed by atoms with Crippen molar-refractivity contribution in [2.75, 3.05) is 13.2 Å². The molecule has 1 amide bonds. The number of aromatic nitrogens is 1. The molecule has 1 aromatic heterocycles. The van der Waals surface area contributed by atoms with Gasteiger partial charge in [0.15, 0.2) is 0 Å². The highest BCUT2D eigenvalue weighted by atomic mass is 32.2. The van der Waals surface area contributed by atoms with Gasteiger partial charge in [0.25, 0.3) is 5.91 Å². The number of nitrogens with zero attached hydrogens (tertiary/aromatic N) is 2. The molecule has 3 aromatic carbocycles. The Morgan fingerprint density at radius 2 is 1.63 bits per heavy atom. The number of pyridine rings is 1. The first kappa shape index (κ1) is 31.1. The van der Waals surface area contributed by atoms with Crippen LogP contribution >= 0.6 is 11.8 Å². The van der Waals surface area contributed by atoms with Crippen LogP contribution in [0.3, 0.4) is 0 Å². The molecule has 4 nitrogen and oxygen atoms in total. The van der Waals surface area contributed by atoms with E-state index in [1.807, 2.05) is 18.2 Å². The molecule has 0 spiro atoms. The summed E-state index contributed by atoms with van der Waals surface area (Å²) in [5.74, 6) is 1.68. The molecule has 240 valence electrons. The van der Waals surface area contributed by atoms with Crippen LogP contribution in [0, 0.1) is 5.92 Å². The monoisotopic (exact) mass is 644 g/mol. The Labute approximate surface area is 272 Å². The fourth-order valence-electron chi connectivity index (χ4n) is 7.43. The lowest BCUT2D eigenvalue weighted by Gasteiger charge is -2.27. The van der Waals surface area contributed by atoms with Crippen molar-refractivity contribution in [3.63, 3.8) is 0 Å². The number of amides is 1. The quantitative estimate of drug-likeness (QED) is 0.188. The zero-order chi connectivity index (χ0) is 31.7. The normalized spacial score (nSPS) is 18.8. The smallest absolute Gasteiger partial charge is 0.416 e. The number of halogens is 3. The van der Waals surface area contributed by atoms with Gasteiger partial charge >= 0.3 is 6.18 Å². The van der Waals surface area contributed by atoms with Gasteiger partial charge in [0, 0.05) is 29.3 Å². The van der Waals surface area contributed by atoms with Crippen LogP contribution < -0.4 is 4.74 Å². The summed E-state index contributed by atoms with van der Waals surface area (Å²) in [6, 6.07) is 19.4. The van der Waals surface area contributed by atoms with Gasteiger partial charge in [-0.3, -0.25) is 4.79 Å². The van der Waals surface area contributed by atoms with Gasteiger partial charge in [0.1, 0.15) is 10.8 Å². The van der Waals surface area contributed by atoms with Crippen molar-refractivity contribution < 1.29 is 22.7 Å². The molecule has 0 bridgehead atoms. The first-order valence-electron chi connectivity index (χ1n) is 16.7. The SMILES string of the molecule is O=C(c1cc(Sc2ccc(C(F)(F)F)cc2)nc2ccc(-c3ccc4c(c3)OCC4)cc12)N1CCCC1CCC1CCCCCC1. The van der Waals surface area contributed by atoms with Crippen molar-refractivity contribution in [1.82, 2.24) is 9.88 Å². The molecule has 3 heterocycles. The number of hydrogen-bond donors (Lipinski definition) is 0. The van der Waals surface area contributed by atoms with Gasteiger partial charge in [-0.1, -0.05) is 68.5 Å². The predicted octanol–water partition coefficient (Wildman–Crippen LogP) is 10.4. The summed E-state index contributed by atoms with van der Waals surface area (Å²) in [5.41, 5.74) is 3.81. The van der Waals surface area contributed by atoms with Gasteiger partial charge in [-0.15, -0.1) is 0 Å². The largest absolute Gasteiger partial charge is 0.493 e. The van der Waals surface area contributed by atoms with Gasteiger partial charge in [-0.05, 0) is 96.8 Å². The minimum Gasteiger partial charge on any atom is -0.493 e. The summed E-state index contributed by atoms with van der Waals surface area (Å²) in [6.45, 7) is 1.43. The maximum atomic E-state index is 14.5. The van der Waals surface area contributed by atoms with Gasteiger partial charge < -0.3 is 9.64 Å². The number of carbonyl (C=O) groups is 1. The summed E-state index contributed by atoms with van der Waals surface area (Å²) < 4.78 is 45.3. The Morgan fingerprint density at radius 3 is 2.41 bits per heavy atom. The molecule has 1 saturated carbocycles. The molecular formula is C38H39F3N2O2S. The predicted molar refractivity (Wildman–Crippen MR) is 176 cm³/mol. The second-order valence-electron chi connectivity index (χ2n) is 13.0. The third kappa shape index (κ3) is 6.78. The highest BCUT2D eigenvalue weighted by Gasteiger charge is 2.32. The lowest BCUT2D eigenvalue weighted by molar-refractivity contribution is -0.137. The molecule has 3 aliphatic rings. The molecule has 1 unspecified atom stereocenters. The van der Waals surface area contributed by atoms with Gasteiger partial charge in [0.2, 0.25) is 0 Å². The summed E-state index contributed by atoms with van der Waals surface area (Å²) in [6.07, 6.45) is 8.66. The maximum absolute atomic E-state index is 14.5. The highest BCUT2D eigenvalue weighted by molar-refractivity contribution is 7.99. The van der Waals surface area contributed by atoms with Crippen LogP contribution in [-0.4, -0.2) is 35.0 Å². The van der Waals surface area contributed by atoms with Crippen LogP contribution in [-0.2, 0) is 12.6 Å². The van der Waals surface area contributed by atoms with E-state index in [1.165, 1.54) is 74.4 Å². The molecule has 0 radical (unpaired) electrons. The Morgan fingerprint density at radius 1 is 0.870 bits per heavy atom. The maximum Gasteiger partial charge on any atom is 0.416 e. The fraction of sp³-hybridized carbons (Fsp3) is 0.421. The van der Waals surface area contributed by atoms with Crippen LogP contribution in [0.25, 0.3) is 22.0 Å². The average Bonchev–Trinajstić information content (AvgIpc) is 3.65. The van der Waals surface area contributed by atoms with Crippen LogP contribution in [0.2, 0.25) is 0 Å². The van der Waals surface area contributed by atoms with Gasteiger partial charge in [0.05, 0.1) is 23.3 Å². The van der Waals surface area contributed by atoms with Crippen LogP contribution in [0.5, 0.6) is 5.75 Å². The lowest BCUT2D eigenvalue weighted by Crippen LogP contribution is -2.36. The summed E-state index contributed by atoms with van der Waals surface area (Å²) in [5, 5.41) is 1.37. The number of likely N-dealkylation sites (tertiary alicyclic amines) is 1. The van der Waals surface area contributed by atoms with E-state index in [9.17, 15) is 18.0 Å². The molecule has 1 aliphatic carbocycles. The van der Waals surface area contributed by atoms with Crippen molar-refractivity contribution in [3.05, 3.63) is 83.4 Å². The second kappa shape index (κ2) is 13.3. The number of alkyl halides is 3. The van der Waals surface area contributed by atoms with E-state index in [4.69, 9.17) is 9.72 Å². The Balaban J connectivity index is 1.21. The van der Waals surface area contributed by atoms with Crippen LogP contribution in [0.15, 0.2) is 76.7 Å². The summed E-state index contributed by atoms with van der Waals surface area (Å²) in [4.78, 5) is 22.1. The van der Waals surface area contributed by atoms with Crippen molar-refractivity contribution in [2.24, 2.45) is 5.92 Å². The number of hydrogen-bond acceptors (Lipinski definition) is 4. The molecule has 4 aromatic rings. The fourth-order valence-corrected chi connectivity index (χ4v) is 8.26. The lowest BCUT2D eigenvalue weighted by atomic mass is 9.92. The van der Waals surface area contributed by atoms with Crippen LogP contribution in [0.1, 0.15) is 85.7 Å². The van der Waals surface area contributed by atoms with Crippen molar-refractivity contribution in [2.45, 2.75) is 92.8 Å². The van der Waals surface area contributed by atoms with E-state index in [0.29, 0.717) is 27.6 Å². The molecule has 1 atom stereocenters. The Bertz CT molecular complexity index is 1710. The first-order valence-corrected chi connectivity index (χ1v) is 17.5. The second-order valence-corrected chi connectivity index (χ2v) is 14.1. The molecule has 8 heteroatoms. The van der Waals surface area contributed by atoms with Crippen molar-refractivity contribution in [3.8, 4) is 16.9 Å². The number of ether oxygens (including phenoxy) is 1. The molecule has 1 saturated heterocycles. The van der Waals surface area contributed by atoms with E-state index >= 15 is 0 Å². The molecule has 2 fully saturated rings. The molecule has 46 heavy (non-hydrogen) atoms. The van der Waals surface area contributed by atoms with E-state index in [2.05, 4.69) is 29.2 Å². The minimum absolute atomic E-state index is 0.0134. The van der Waals surface area contributed by atoms with E-state index < -0.39 is 11.7 Å².